The first-order valence-electron chi connectivity index (χ1n) is 6.30. The summed E-state index contributed by atoms with van der Waals surface area (Å²) in [6, 6.07) is 5.99. The minimum Gasteiger partial charge on any atom is -0.327 e. The van der Waals surface area contributed by atoms with Crippen molar-refractivity contribution < 1.29 is 0 Å². The first kappa shape index (κ1) is 14.1. The molecule has 1 fully saturated rings. The van der Waals surface area contributed by atoms with Crippen molar-refractivity contribution in [1.29, 1.82) is 0 Å². The molecule has 1 aliphatic rings. The van der Waals surface area contributed by atoms with E-state index in [1.165, 1.54) is 0 Å². The van der Waals surface area contributed by atoms with Gasteiger partial charge < -0.3 is 5.73 Å². The van der Waals surface area contributed by atoms with Gasteiger partial charge in [-0.05, 0) is 29.5 Å². The first-order chi connectivity index (χ1) is 8.38. The Labute approximate surface area is 119 Å². The number of likely N-dealkylation sites (tertiary alicyclic amines) is 1. The fourth-order valence-corrected chi connectivity index (χ4v) is 2.98. The lowest BCUT2D eigenvalue weighted by Crippen LogP contribution is -2.52. The van der Waals surface area contributed by atoms with Crippen LogP contribution in [0.3, 0.4) is 0 Å². The van der Waals surface area contributed by atoms with Crippen LogP contribution in [-0.4, -0.2) is 24.0 Å². The fourth-order valence-electron chi connectivity index (χ4n) is 2.51. The Balaban J connectivity index is 2.06. The minimum atomic E-state index is 0.164. The monoisotopic (exact) mass is 286 g/mol. The quantitative estimate of drug-likeness (QED) is 0.901. The van der Waals surface area contributed by atoms with Crippen molar-refractivity contribution in [2.75, 3.05) is 13.1 Å². The molecular formula is C14H20Cl2N2. The van der Waals surface area contributed by atoms with Crippen molar-refractivity contribution >= 4 is 23.2 Å². The summed E-state index contributed by atoms with van der Waals surface area (Å²) in [5.74, 6) is 0. The number of hydrogen-bond donors (Lipinski definition) is 1. The molecule has 0 saturated carbocycles. The van der Waals surface area contributed by atoms with Gasteiger partial charge in [-0.15, -0.1) is 0 Å². The average Bonchev–Trinajstić information content (AvgIpc) is 2.27. The second kappa shape index (κ2) is 5.38. The van der Waals surface area contributed by atoms with Gasteiger partial charge in [-0.2, -0.15) is 0 Å². The zero-order chi connectivity index (χ0) is 13.3. The predicted octanol–water partition coefficient (Wildman–Crippen LogP) is 3.55. The largest absolute Gasteiger partial charge is 0.327 e. The summed E-state index contributed by atoms with van der Waals surface area (Å²) in [4.78, 5) is 2.42. The second-order valence-corrected chi connectivity index (χ2v) is 6.67. The summed E-state index contributed by atoms with van der Waals surface area (Å²) in [6.07, 6.45) is 1.04. The maximum atomic E-state index is 6.21. The van der Waals surface area contributed by atoms with Gasteiger partial charge >= 0.3 is 0 Å². The van der Waals surface area contributed by atoms with Gasteiger partial charge in [0.2, 0.25) is 0 Å². The van der Waals surface area contributed by atoms with Gasteiger partial charge in [0.15, 0.2) is 0 Å². The molecule has 1 aromatic rings. The van der Waals surface area contributed by atoms with E-state index in [2.05, 4.69) is 18.7 Å². The molecule has 0 aliphatic carbocycles. The van der Waals surface area contributed by atoms with Crippen molar-refractivity contribution in [3.8, 4) is 0 Å². The van der Waals surface area contributed by atoms with E-state index in [1.54, 1.807) is 6.07 Å². The van der Waals surface area contributed by atoms with E-state index < -0.39 is 0 Å². The van der Waals surface area contributed by atoms with Crippen LogP contribution < -0.4 is 5.73 Å². The minimum absolute atomic E-state index is 0.164. The van der Waals surface area contributed by atoms with Crippen molar-refractivity contribution in [2.45, 2.75) is 32.9 Å². The topological polar surface area (TPSA) is 29.3 Å². The zero-order valence-electron chi connectivity index (χ0n) is 10.9. The van der Waals surface area contributed by atoms with Crippen molar-refractivity contribution in [1.82, 2.24) is 4.90 Å². The van der Waals surface area contributed by atoms with Crippen LogP contribution in [0.5, 0.6) is 0 Å². The molecule has 0 aromatic heterocycles. The van der Waals surface area contributed by atoms with Crippen molar-refractivity contribution in [3.63, 3.8) is 0 Å². The van der Waals surface area contributed by atoms with Gasteiger partial charge in [0.05, 0.1) is 0 Å². The third-order valence-electron chi connectivity index (χ3n) is 3.80. The molecule has 0 amide bonds. The number of halogens is 2. The standard InChI is InChI=1S/C14H20Cl2N2/c1-14(2)9-18(6-5-13(14)17)8-10-3-4-11(15)7-12(10)16/h3-4,7,13H,5-6,8-9,17H2,1-2H3. The lowest BCUT2D eigenvalue weighted by Gasteiger charge is -2.42. The molecule has 1 atom stereocenters. The van der Waals surface area contributed by atoms with Crippen LogP contribution in [-0.2, 0) is 6.54 Å². The van der Waals surface area contributed by atoms with E-state index in [0.29, 0.717) is 5.02 Å². The number of benzene rings is 1. The maximum Gasteiger partial charge on any atom is 0.0465 e. The molecule has 4 heteroatoms. The van der Waals surface area contributed by atoms with Gasteiger partial charge in [0, 0.05) is 35.7 Å². The number of piperidine rings is 1. The van der Waals surface area contributed by atoms with Crippen LogP contribution in [0.25, 0.3) is 0 Å². The fraction of sp³-hybridized carbons (Fsp3) is 0.571. The van der Waals surface area contributed by atoms with Crippen LogP contribution in [0, 0.1) is 5.41 Å². The molecule has 2 nitrogen and oxygen atoms in total. The number of nitrogens with zero attached hydrogens (tertiary/aromatic N) is 1. The van der Waals surface area contributed by atoms with Gasteiger partial charge in [0.1, 0.15) is 0 Å². The molecule has 0 spiro atoms. The van der Waals surface area contributed by atoms with Crippen LogP contribution in [0.2, 0.25) is 10.0 Å². The second-order valence-electron chi connectivity index (χ2n) is 5.83. The summed E-state index contributed by atoms with van der Waals surface area (Å²) >= 11 is 12.1. The highest BCUT2D eigenvalue weighted by Gasteiger charge is 2.33. The molecule has 1 aromatic carbocycles. The Bertz CT molecular complexity index is 432. The highest BCUT2D eigenvalue weighted by atomic mass is 35.5. The van der Waals surface area contributed by atoms with Gasteiger partial charge in [0.25, 0.3) is 0 Å². The number of rotatable bonds is 2. The molecule has 2 rings (SSSR count). The highest BCUT2D eigenvalue weighted by molar-refractivity contribution is 6.35. The Hall–Kier alpha value is -0.280. The van der Waals surface area contributed by atoms with E-state index >= 15 is 0 Å². The Kier molecular flexibility index (Phi) is 4.22. The van der Waals surface area contributed by atoms with Crippen molar-refractivity contribution in [2.24, 2.45) is 11.1 Å². The molecule has 0 bridgehead atoms. The SMILES string of the molecule is CC1(C)CN(Cc2ccc(Cl)cc2Cl)CCC1N. The third-order valence-corrected chi connectivity index (χ3v) is 4.39. The number of hydrogen-bond acceptors (Lipinski definition) is 2. The van der Waals surface area contributed by atoms with E-state index in [9.17, 15) is 0 Å². The molecule has 100 valence electrons. The summed E-state index contributed by atoms with van der Waals surface area (Å²) < 4.78 is 0. The van der Waals surface area contributed by atoms with E-state index in [0.717, 1.165) is 36.6 Å². The number of nitrogens with two attached hydrogens (primary N) is 1. The normalized spacial score (nSPS) is 24.2. The molecule has 1 saturated heterocycles. The van der Waals surface area contributed by atoms with Crippen LogP contribution in [0.15, 0.2) is 18.2 Å². The molecule has 1 heterocycles. The predicted molar refractivity (Wildman–Crippen MR) is 78.1 cm³/mol. The first-order valence-corrected chi connectivity index (χ1v) is 7.06. The highest BCUT2D eigenvalue weighted by Crippen LogP contribution is 2.30. The molecule has 1 unspecified atom stereocenters. The van der Waals surface area contributed by atoms with Crippen LogP contribution >= 0.6 is 23.2 Å². The van der Waals surface area contributed by atoms with E-state index in [4.69, 9.17) is 28.9 Å². The Morgan fingerprint density at radius 3 is 2.72 bits per heavy atom. The van der Waals surface area contributed by atoms with Gasteiger partial charge in [-0.3, -0.25) is 4.90 Å². The lowest BCUT2D eigenvalue weighted by atomic mass is 9.79. The smallest absolute Gasteiger partial charge is 0.0465 e. The van der Waals surface area contributed by atoms with Gasteiger partial charge in [-0.1, -0.05) is 43.1 Å². The van der Waals surface area contributed by atoms with E-state index in [1.807, 2.05) is 12.1 Å². The lowest BCUT2D eigenvalue weighted by molar-refractivity contribution is 0.0899. The van der Waals surface area contributed by atoms with Crippen molar-refractivity contribution in [3.05, 3.63) is 33.8 Å². The molecule has 1 aliphatic heterocycles. The summed E-state index contributed by atoms with van der Waals surface area (Å²) in [7, 11) is 0. The molecule has 18 heavy (non-hydrogen) atoms. The zero-order valence-corrected chi connectivity index (χ0v) is 12.4. The molecular weight excluding hydrogens is 267 g/mol. The van der Waals surface area contributed by atoms with E-state index in [-0.39, 0.29) is 11.5 Å². The Morgan fingerprint density at radius 2 is 2.11 bits per heavy atom. The summed E-state index contributed by atoms with van der Waals surface area (Å²) in [5.41, 5.74) is 7.44. The molecule has 0 radical (unpaired) electrons. The average molecular weight is 287 g/mol. The van der Waals surface area contributed by atoms with Gasteiger partial charge in [-0.25, -0.2) is 0 Å². The Morgan fingerprint density at radius 1 is 1.39 bits per heavy atom. The summed E-state index contributed by atoms with van der Waals surface area (Å²) in [5, 5.41) is 1.43. The molecule has 2 N–H and O–H groups in total. The maximum absolute atomic E-state index is 6.21. The van der Waals surface area contributed by atoms with Crippen LogP contribution in [0.4, 0.5) is 0 Å². The summed E-state index contributed by atoms with van der Waals surface area (Å²) in [6.45, 7) is 7.36. The third kappa shape index (κ3) is 3.18. The van der Waals surface area contributed by atoms with Crippen LogP contribution in [0.1, 0.15) is 25.8 Å².